The number of carbonyl (C=O) groups is 1. The molecule has 0 aromatic heterocycles. The first-order valence-electron chi connectivity index (χ1n) is 7.32. The van der Waals surface area contributed by atoms with Crippen LogP contribution in [0.5, 0.6) is 5.75 Å². The number of halogens is 1. The van der Waals surface area contributed by atoms with Crippen molar-refractivity contribution in [2.24, 2.45) is 5.16 Å². The lowest BCUT2D eigenvalue weighted by molar-refractivity contribution is 0.0439. The van der Waals surface area contributed by atoms with Gasteiger partial charge in [0.05, 0.1) is 19.4 Å². The van der Waals surface area contributed by atoms with Gasteiger partial charge in [0.1, 0.15) is 5.60 Å². The van der Waals surface area contributed by atoms with E-state index in [4.69, 9.17) is 14.3 Å². The molecule has 0 saturated carbocycles. The number of nitrogens with one attached hydrogen (secondary N) is 1. The van der Waals surface area contributed by atoms with Crippen LogP contribution in [0.25, 0.3) is 0 Å². The molecule has 1 aromatic carbocycles. The molecule has 0 bridgehead atoms. The van der Waals surface area contributed by atoms with Gasteiger partial charge >= 0.3 is 6.09 Å². The Hall–Kier alpha value is -2.31. The Labute approximate surface area is 134 Å². The van der Waals surface area contributed by atoms with Gasteiger partial charge in [0, 0.05) is 12.0 Å². The minimum Gasteiger partial charge on any atom is -0.494 e. The molecule has 6 nitrogen and oxygen atoms in total. The molecule has 0 fully saturated rings. The number of oxime groups is 1. The van der Waals surface area contributed by atoms with Crippen LogP contribution in [0.15, 0.2) is 23.4 Å². The third-order valence-corrected chi connectivity index (χ3v) is 3.09. The average Bonchev–Trinajstić information content (AvgIpc) is 2.92. The van der Waals surface area contributed by atoms with Crippen molar-refractivity contribution in [2.45, 2.75) is 38.9 Å². The van der Waals surface area contributed by atoms with Gasteiger partial charge in [-0.15, -0.1) is 0 Å². The maximum atomic E-state index is 13.7. The molecule has 0 saturated heterocycles. The molecule has 1 aliphatic rings. The first kappa shape index (κ1) is 17.1. The number of carbonyl (C=O) groups excluding carboxylic acids is 1. The smallest absolute Gasteiger partial charge is 0.407 e. The van der Waals surface area contributed by atoms with Crippen molar-refractivity contribution in [3.8, 4) is 5.75 Å². The molecule has 0 unspecified atom stereocenters. The highest BCUT2D eigenvalue weighted by molar-refractivity contribution is 6.01. The van der Waals surface area contributed by atoms with Crippen molar-refractivity contribution in [3.63, 3.8) is 0 Å². The summed E-state index contributed by atoms with van der Waals surface area (Å²) in [4.78, 5) is 16.9. The van der Waals surface area contributed by atoms with E-state index in [-0.39, 0.29) is 18.4 Å². The van der Waals surface area contributed by atoms with E-state index in [0.717, 1.165) is 0 Å². The molecular formula is C16H21FN2O4. The first-order valence-corrected chi connectivity index (χ1v) is 7.32. The predicted octanol–water partition coefficient (Wildman–Crippen LogP) is 2.85. The van der Waals surface area contributed by atoms with E-state index in [0.29, 0.717) is 17.7 Å². The van der Waals surface area contributed by atoms with Crippen molar-refractivity contribution in [1.82, 2.24) is 5.32 Å². The summed E-state index contributed by atoms with van der Waals surface area (Å²) in [6.45, 7) is 5.63. The van der Waals surface area contributed by atoms with Crippen LogP contribution in [-0.2, 0) is 9.57 Å². The Morgan fingerprint density at radius 3 is 2.83 bits per heavy atom. The lowest BCUT2D eigenvalue weighted by Crippen LogP contribution is -2.37. The second-order valence-electron chi connectivity index (χ2n) is 6.20. The Morgan fingerprint density at radius 2 is 2.22 bits per heavy atom. The van der Waals surface area contributed by atoms with Crippen LogP contribution in [0.3, 0.4) is 0 Å². The molecule has 1 N–H and O–H groups in total. The standard InChI is InChI=1S/C16H21FN2O4/c1-16(2,3)22-15(20)18-9-11-8-13(19-23-11)10-5-6-14(21-4)12(17)7-10/h5-7,11H,8-9H2,1-4H3,(H,18,20)/t11-/m1/s1. The monoisotopic (exact) mass is 324 g/mol. The van der Waals surface area contributed by atoms with Crippen LogP contribution in [0, 0.1) is 5.82 Å². The molecule has 1 amide bonds. The maximum Gasteiger partial charge on any atom is 0.407 e. The highest BCUT2D eigenvalue weighted by atomic mass is 19.1. The Morgan fingerprint density at radius 1 is 1.48 bits per heavy atom. The molecule has 23 heavy (non-hydrogen) atoms. The van der Waals surface area contributed by atoms with E-state index >= 15 is 0 Å². The SMILES string of the molecule is COc1ccc(C2=NO[C@@H](CNC(=O)OC(C)(C)C)C2)cc1F. The fourth-order valence-electron chi connectivity index (χ4n) is 2.07. The van der Waals surface area contributed by atoms with Crippen LogP contribution in [0.2, 0.25) is 0 Å². The van der Waals surface area contributed by atoms with Gasteiger partial charge < -0.3 is 19.6 Å². The molecule has 1 heterocycles. The molecule has 126 valence electrons. The van der Waals surface area contributed by atoms with Crippen molar-refractivity contribution in [1.29, 1.82) is 0 Å². The van der Waals surface area contributed by atoms with E-state index in [1.165, 1.54) is 13.2 Å². The summed E-state index contributed by atoms with van der Waals surface area (Å²) >= 11 is 0. The number of alkyl carbamates (subject to hydrolysis) is 1. The van der Waals surface area contributed by atoms with Crippen molar-refractivity contribution in [3.05, 3.63) is 29.6 Å². The number of rotatable bonds is 4. The zero-order valence-corrected chi connectivity index (χ0v) is 13.7. The minimum absolute atomic E-state index is 0.177. The van der Waals surface area contributed by atoms with Crippen LogP contribution < -0.4 is 10.1 Å². The molecule has 1 aromatic rings. The third-order valence-electron chi connectivity index (χ3n) is 3.09. The molecule has 1 atom stereocenters. The Balaban J connectivity index is 1.86. The fourth-order valence-corrected chi connectivity index (χ4v) is 2.07. The summed E-state index contributed by atoms with van der Waals surface area (Å²) in [5, 5.41) is 6.58. The van der Waals surface area contributed by atoms with Crippen LogP contribution in [0.1, 0.15) is 32.8 Å². The normalized spacial score (nSPS) is 17.3. The van der Waals surface area contributed by atoms with Gasteiger partial charge in [0.25, 0.3) is 0 Å². The van der Waals surface area contributed by atoms with Gasteiger partial charge in [-0.25, -0.2) is 9.18 Å². The van der Waals surface area contributed by atoms with E-state index < -0.39 is 17.5 Å². The molecule has 1 aliphatic heterocycles. The number of nitrogens with zero attached hydrogens (tertiary/aromatic N) is 1. The molecule has 2 rings (SSSR count). The van der Waals surface area contributed by atoms with Gasteiger partial charge in [0.2, 0.25) is 0 Å². The first-order chi connectivity index (χ1) is 10.8. The van der Waals surface area contributed by atoms with Crippen LogP contribution in [0.4, 0.5) is 9.18 Å². The molecular weight excluding hydrogens is 303 g/mol. The largest absolute Gasteiger partial charge is 0.494 e. The van der Waals surface area contributed by atoms with E-state index in [2.05, 4.69) is 10.5 Å². The second-order valence-corrected chi connectivity index (χ2v) is 6.20. The second kappa shape index (κ2) is 6.85. The number of amides is 1. The molecule has 0 aliphatic carbocycles. The molecule has 0 spiro atoms. The summed E-state index contributed by atoms with van der Waals surface area (Å²) in [5.74, 6) is -0.278. The van der Waals surface area contributed by atoms with Crippen LogP contribution >= 0.6 is 0 Å². The highest BCUT2D eigenvalue weighted by Crippen LogP contribution is 2.22. The van der Waals surface area contributed by atoms with E-state index in [1.54, 1.807) is 32.9 Å². The van der Waals surface area contributed by atoms with Crippen molar-refractivity contribution >= 4 is 11.8 Å². The van der Waals surface area contributed by atoms with Gasteiger partial charge in [-0.05, 0) is 39.0 Å². The lowest BCUT2D eigenvalue weighted by Gasteiger charge is -2.20. The number of benzene rings is 1. The average molecular weight is 324 g/mol. The summed E-state index contributed by atoms with van der Waals surface area (Å²) in [5.41, 5.74) is 0.703. The lowest BCUT2D eigenvalue weighted by atomic mass is 10.0. The minimum atomic E-state index is -0.553. The number of hydrogen-bond donors (Lipinski definition) is 1. The topological polar surface area (TPSA) is 69.2 Å². The highest BCUT2D eigenvalue weighted by Gasteiger charge is 2.24. The van der Waals surface area contributed by atoms with Gasteiger partial charge in [0.15, 0.2) is 17.7 Å². The quantitative estimate of drug-likeness (QED) is 0.924. The zero-order chi connectivity index (χ0) is 17.0. The maximum absolute atomic E-state index is 13.7. The summed E-state index contributed by atoms with van der Waals surface area (Å²) < 4.78 is 23.7. The van der Waals surface area contributed by atoms with Crippen LogP contribution in [-0.4, -0.2) is 37.2 Å². The summed E-state index contributed by atoms with van der Waals surface area (Å²) in [6, 6.07) is 4.61. The Kier molecular flexibility index (Phi) is 5.08. The molecule has 7 heteroatoms. The zero-order valence-electron chi connectivity index (χ0n) is 13.7. The van der Waals surface area contributed by atoms with Crippen molar-refractivity contribution < 1.29 is 23.5 Å². The Bertz CT molecular complexity index is 611. The van der Waals surface area contributed by atoms with E-state index in [1.807, 2.05) is 0 Å². The van der Waals surface area contributed by atoms with E-state index in [9.17, 15) is 9.18 Å². The number of hydrogen-bond acceptors (Lipinski definition) is 5. The van der Waals surface area contributed by atoms with Gasteiger partial charge in [-0.1, -0.05) is 5.16 Å². The predicted molar refractivity (Wildman–Crippen MR) is 83.2 cm³/mol. The molecule has 0 radical (unpaired) electrons. The summed E-state index contributed by atoms with van der Waals surface area (Å²) in [6.07, 6.45) is -0.339. The summed E-state index contributed by atoms with van der Waals surface area (Å²) in [7, 11) is 1.41. The van der Waals surface area contributed by atoms with Gasteiger partial charge in [-0.3, -0.25) is 0 Å². The third kappa shape index (κ3) is 4.84. The number of ether oxygens (including phenoxy) is 2. The fraction of sp³-hybridized carbons (Fsp3) is 0.500. The number of methoxy groups -OCH3 is 1. The van der Waals surface area contributed by atoms with Crippen molar-refractivity contribution in [2.75, 3.05) is 13.7 Å². The van der Waals surface area contributed by atoms with Gasteiger partial charge in [-0.2, -0.15) is 0 Å².